The van der Waals surface area contributed by atoms with E-state index in [1.54, 1.807) is 6.08 Å². The molecule has 168 valence electrons. The van der Waals surface area contributed by atoms with E-state index >= 15 is 0 Å². The molecule has 4 aromatic carbocycles. The zero-order chi connectivity index (χ0) is 24.2. The van der Waals surface area contributed by atoms with Gasteiger partial charge in [-0.25, -0.2) is 4.39 Å². The summed E-state index contributed by atoms with van der Waals surface area (Å²) >= 11 is 0. The average Bonchev–Trinajstić information content (AvgIpc) is 3.23. The van der Waals surface area contributed by atoms with E-state index in [1.807, 2.05) is 91.0 Å². The molecule has 0 saturated heterocycles. The summed E-state index contributed by atoms with van der Waals surface area (Å²) in [6.45, 7) is 0. The molecule has 0 saturated carbocycles. The number of benzene rings is 4. The Labute approximate surface area is 202 Å². The number of anilines is 1. The first-order valence-electron chi connectivity index (χ1n) is 11.1. The van der Waals surface area contributed by atoms with Crippen molar-refractivity contribution in [2.75, 3.05) is 5.32 Å². The third-order valence-corrected chi connectivity index (χ3v) is 5.73. The van der Waals surface area contributed by atoms with Crippen molar-refractivity contribution in [2.45, 2.75) is 0 Å². The lowest BCUT2D eigenvalue weighted by Crippen LogP contribution is -2.13. The van der Waals surface area contributed by atoms with Gasteiger partial charge in [-0.1, -0.05) is 66.7 Å². The molecule has 0 aliphatic carbocycles. The molecule has 5 heteroatoms. The van der Waals surface area contributed by atoms with E-state index in [1.165, 1.54) is 24.3 Å². The molecule has 0 unspecified atom stereocenters. The third kappa shape index (κ3) is 4.33. The van der Waals surface area contributed by atoms with Gasteiger partial charge in [0.2, 0.25) is 0 Å². The van der Waals surface area contributed by atoms with Crippen molar-refractivity contribution < 1.29 is 9.18 Å². The van der Waals surface area contributed by atoms with Crippen LogP contribution in [0.25, 0.3) is 33.9 Å². The van der Waals surface area contributed by atoms with Gasteiger partial charge in [-0.3, -0.25) is 4.79 Å². The Balaban J connectivity index is 1.72. The first kappa shape index (κ1) is 21.9. The Morgan fingerprint density at radius 2 is 1.46 bits per heavy atom. The second-order valence-corrected chi connectivity index (χ2v) is 7.95. The number of carbonyl (C=O) groups excluding carboxylic acids is 1. The Hall–Kier alpha value is -4.95. The van der Waals surface area contributed by atoms with Gasteiger partial charge in [0.25, 0.3) is 5.91 Å². The molecule has 0 fully saturated rings. The summed E-state index contributed by atoms with van der Waals surface area (Å²) in [5, 5.41) is 13.5. The van der Waals surface area contributed by atoms with Gasteiger partial charge in [0.05, 0.1) is 11.2 Å². The molecular formula is C30H20FN3O. The van der Waals surface area contributed by atoms with Crippen LogP contribution in [0, 0.1) is 17.1 Å². The highest BCUT2D eigenvalue weighted by molar-refractivity contribution is 6.12. The molecule has 0 aliphatic heterocycles. The molecule has 0 spiro atoms. The Kier molecular flexibility index (Phi) is 5.94. The first-order valence-corrected chi connectivity index (χ1v) is 11.1. The summed E-state index contributed by atoms with van der Waals surface area (Å²) in [7, 11) is 0. The van der Waals surface area contributed by atoms with Crippen LogP contribution >= 0.6 is 0 Å². The molecule has 5 rings (SSSR count). The summed E-state index contributed by atoms with van der Waals surface area (Å²) in [4.78, 5) is 13.0. The van der Waals surface area contributed by atoms with Crippen LogP contribution in [0.3, 0.4) is 0 Å². The maximum Gasteiger partial charge on any atom is 0.266 e. The minimum atomic E-state index is -0.560. The van der Waals surface area contributed by atoms with E-state index in [0.29, 0.717) is 5.69 Å². The van der Waals surface area contributed by atoms with Crippen molar-refractivity contribution in [3.05, 3.63) is 126 Å². The van der Waals surface area contributed by atoms with Crippen LogP contribution in [-0.2, 0) is 4.79 Å². The Morgan fingerprint density at radius 1 is 0.829 bits per heavy atom. The monoisotopic (exact) mass is 457 g/mol. The van der Waals surface area contributed by atoms with E-state index in [0.717, 1.165) is 33.4 Å². The number of rotatable bonds is 5. The molecular weight excluding hydrogens is 437 g/mol. The van der Waals surface area contributed by atoms with Crippen molar-refractivity contribution in [1.29, 1.82) is 5.26 Å². The molecule has 0 aliphatic rings. The van der Waals surface area contributed by atoms with Gasteiger partial charge in [-0.2, -0.15) is 5.26 Å². The van der Waals surface area contributed by atoms with Crippen LogP contribution in [0.4, 0.5) is 10.1 Å². The van der Waals surface area contributed by atoms with Gasteiger partial charge in [-0.15, -0.1) is 0 Å². The van der Waals surface area contributed by atoms with Crippen molar-refractivity contribution in [3.63, 3.8) is 0 Å². The van der Waals surface area contributed by atoms with Gasteiger partial charge in [-0.05, 0) is 54.1 Å². The summed E-state index contributed by atoms with van der Waals surface area (Å²) in [5.74, 6) is -0.963. The number of amides is 1. The van der Waals surface area contributed by atoms with Gasteiger partial charge < -0.3 is 9.88 Å². The highest BCUT2D eigenvalue weighted by atomic mass is 19.1. The summed E-state index contributed by atoms with van der Waals surface area (Å²) in [6.07, 6.45) is 1.63. The second kappa shape index (κ2) is 9.50. The van der Waals surface area contributed by atoms with Crippen LogP contribution in [0.5, 0.6) is 0 Å². The van der Waals surface area contributed by atoms with Crippen LogP contribution in [0.15, 0.2) is 115 Å². The smallest absolute Gasteiger partial charge is 0.266 e. The van der Waals surface area contributed by atoms with E-state index in [2.05, 4.69) is 9.88 Å². The van der Waals surface area contributed by atoms with E-state index < -0.39 is 11.7 Å². The fraction of sp³-hybridized carbons (Fsp3) is 0. The number of carbonyl (C=O) groups is 1. The Bertz CT molecular complexity index is 1580. The fourth-order valence-electron chi connectivity index (χ4n) is 4.16. The van der Waals surface area contributed by atoms with Crippen LogP contribution < -0.4 is 5.32 Å². The van der Waals surface area contributed by atoms with E-state index in [4.69, 9.17) is 0 Å². The summed E-state index contributed by atoms with van der Waals surface area (Å²) < 4.78 is 15.4. The predicted octanol–water partition coefficient (Wildman–Crippen LogP) is 6.98. The molecule has 1 aromatic heterocycles. The minimum absolute atomic E-state index is 0.0533. The lowest BCUT2D eigenvalue weighted by atomic mass is 10.0. The molecule has 4 nitrogen and oxygen atoms in total. The number of para-hydroxylation sites is 2. The summed E-state index contributed by atoms with van der Waals surface area (Å²) in [6, 6.07) is 35.2. The molecule has 1 amide bonds. The second-order valence-electron chi connectivity index (χ2n) is 7.95. The minimum Gasteiger partial charge on any atom is -0.321 e. The van der Waals surface area contributed by atoms with Gasteiger partial charge in [0, 0.05) is 22.3 Å². The number of aromatic nitrogens is 1. The lowest BCUT2D eigenvalue weighted by Gasteiger charge is -2.12. The summed E-state index contributed by atoms with van der Waals surface area (Å²) in [5.41, 5.74) is 4.88. The molecule has 0 atom stereocenters. The Morgan fingerprint density at radius 3 is 2.14 bits per heavy atom. The van der Waals surface area contributed by atoms with E-state index in [9.17, 15) is 14.4 Å². The maximum absolute atomic E-state index is 13.3. The number of halogens is 1. The normalized spacial score (nSPS) is 11.3. The highest BCUT2D eigenvalue weighted by Crippen LogP contribution is 2.37. The predicted molar refractivity (Wildman–Crippen MR) is 137 cm³/mol. The van der Waals surface area contributed by atoms with Crippen LogP contribution in [-0.4, -0.2) is 10.5 Å². The number of nitriles is 1. The number of hydrogen-bond donors (Lipinski definition) is 1. The fourth-order valence-corrected chi connectivity index (χ4v) is 4.16. The van der Waals surface area contributed by atoms with Crippen molar-refractivity contribution in [3.8, 4) is 23.0 Å². The first-order chi connectivity index (χ1) is 17.2. The van der Waals surface area contributed by atoms with Gasteiger partial charge in [0.15, 0.2) is 0 Å². The van der Waals surface area contributed by atoms with Crippen LogP contribution in [0.1, 0.15) is 5.56 Å². The number of hydrogen-bond acceptors (Lipinski definition) is 2. The standard InChI is InChI=1S/C30H20FN3O/c31-23-15-17-24(18-16-23)33-30(35)22(20-32)19-27-26-13-7-8-14-28(26)34(25-11-5-2-6-12-25)29(27)21-9-3-1-4-10-21/h1-19H,(H,33,35). The topological polar surface area (TPSA) is 57.8 Å². The zero-order valence-corrected chi connectivity index (χ0v) is 18.7. The number of nitrogens with one attached hydrogen (secondary N) is 1. The van der Waals surface area contributed by atoms with Crippen molar-refractivity contribution in [1.82, 2.24) is 4.57 Å². The van der Waals surface area contributed by atoms with Gasteiger partial charge >= 0.3 is 0 Å². The lowest BCUT2D eigenvalue weighted by molar-refractivity contribution is -0.112. The van der Waals surface area contributed by atoms with Crippen molar-refractivity contribution >= 4 is 28.6 Å². The molecule has 0 bridgehead atoms. The maximum atomic E-state index is 13.3. The third-order valence-electron chi connectivity index (χ3n) is 5.73. The molecule has 0 radical (unpaired) electrons. The number of fused-ring (bicyclic) bond motifs is 1. The average molecular weight is 458 g/mol. The number of nitrogens with zero attached hydrogens (tertiary/aromatic N) is 2. The van der Waals surface area contributed by atoms with E-state index in [-0.39, 0.29) is 5.57 Å². The molecule has 5 aromatic rings. The zero-order valence-electron chi connectivity index (χ0n) is 18.7. The van der Waals surface area contributed by atoms with Crippen LogP contribution in [0.2, 0.25) is 0 Å². The molecule has 35 heavy (non-hydrogen) atoms. The molecule has 1 heterocycles. The van der Waals surface area contributed by atoms with Gasteiger partial charge in [0.1, 0.15) is 17.5 Å². The van der Waals surface area contributed by atoms with Crippen molar-refractivity contribution in [2.24, 2.45) is 0 Å². The quantitative estimate of drug-likeness (QED) is 0.229. The molecule has 1 N–H and O–H groups in total. The SMILES string of the molecule is N#CC(=Cc1c(-c2ccccc2)n(-c2ccccc2)c2ccccc12)C(=O)Nc1ccc(F)cc1. The highest BCUT2D eigenvalue weighted by Gasteiger charge is 2.20. The largest absolute Gasteiger partial charge is 0.321 e.